The predicted octanol–water partition coefficient (Wildman–Crippen LogP) is 4.14. The van der Waals surface area contributed by atoms with Crippen LogP contribution in [-0.4, -0.2) is 28.8 Å². The van der Waals surface area contributed by atoms with E-state index in [0.717, 1.165) is 27.9 Å². The number of nitrogens with one attached hydrogen (secondary N) is 1. The van der Waals surface area contributed by atoms with Gasteiger partial charge in [-0.1, -0.05) is 42.5 Å². The van der Waals surface area contributed by atoms with E-state index in [1.54, 1.807) is 6.20 Å². The van der Waals surface area contributed by atoms with Crippen molar-refractivity contribution in [3.05, 3.63) is 70.9 Å². The third kappa shape index (κ3) is 4.59. The zero-order chi connectivity index (χ0) is 21.8. The summed E-state index contributed by atoms with van der Waals surface area (Å²) in [5.41, 5.74) is 4.42. The number of carbonyl (C=O) groups is 3. The molecule has 2 atom stereocenters. The molecule has 0 bridgehead atoms. The molecular formula is C24H26N2O4. The summed E-state index contributed by atoms with van der Waals surface area (Å²) in [4.78, 5) is 38.8. The maximum Gasteiger partial charge on any atom is 0.309 e. The molecule has 156 valence electrons. The van der Waals surface area contributed by atoms with Gasteiger partial charge in [0.15, 0.2) is 6.10 Å². The van der Waals surface area contributed by atoms with Crippen LogP contribution in [0.1, 0.15) is 48.6 Å². The summed E-state index contributed by atoms with van der Waals surface area (Å²) >= 11 is 0. The molecule has 1 heterocycles. The minimum Gasteiger partial charge on any atom is -0.452 e. The van der Waals surface area contributed by atoms with E-state index in [-0.39, 0.29) is 12.3 Å². The minimum absolute atomic E-state index is 0.0397. The molecular weight excluding hydrogens is 380 g/mol. The largest absolute Gasteiger partial charge is 0.452 e. The highest BCUT2D eigenvalue weighted by molar-refractivity contribution is 5.96. The van der Waals surface area contributed by atoms with Gasteiger partial charge in [0.05, 0.1) is 12.5 Å². The Bertz CT molecular complexity index is 992. The number of hydrogen-bond acceptors (Lipinski definition) is 4. The van der Waals surface area contributed by atoms with Gasteiger partial charge in [0, 0.05) is 18.8 Å². The molecule has 30 heavy (non-hydrogen) atoms. The number of fused-ring (bicyclic) bond motifs is 1. The summed E-state index contributed by atoms with van der Waals surface area (Å²) < 4.78 is 5.40. The maximum atomic E-state index is 12.6. The Balaban J connectivity index is 1.68. The Hall–Kier alpha value is -3.41. The van der Waals surface area contributed by atoms with Crippen molar-refractivity contribution in [2.75, 3.05) is 5.32 Å². The van der Waals surface area contributed by atoms with Crippen LogP contribution in [0.2, 0.25) is 0 Å². The third-order valence-corrected chi connectivity index (χ3v) is 5.24. The number of anilines is 1. The van der Waals surface area contributed by atoms with Crippen LogP contribution >= 0.6 is 0 Å². The molecule has 3 rings (SSSR count). The zero-order valence-electron chi connectivity index (χ0n) is 17.6. The van der Waals surface area contributed by atoms with E-state index in [1.807, 2.05) is 62.4 Å². The Kier molecular flexibility index (Phi) is 6.35. The Labute approximate surface area is 176 Å². The summed E-state index contributed by atoms with van der Waals surface area (Å²) in [6.07, 6.45) is 2.53. The molecule has 6 heteroatoms. The standard InChI is InChI=1S/C24H26N2O4/c1-15-8-7-9-16(2)23(15)25-24(29)17(3)30-22(28)14-21-20-11-6-5-10-19(20)12-13-26(21)18(4)27/h5-13,17,21H,14H2,1-4H3,(H,25,29)/t17-,21-/m1/s1. The number of nitrogens with zero attached hydrogens (tertiary/aromatic N) is 1. The SMILES string of the molecule is CC(=O)N1C=Cc2ccccc2[C@H]1CC(=O)O[C@H](C)C(=O)Nc1c(C)cccc1C. The molecule has 0 fully saturated rings. The van der Waals surface area contributed by atoms with Crippen LogP contribution in [0.25, 0.3) is 6.08 Å². The topological polar surface area (TPSA) is 75.7 Å². The van der Waals surface area contributed by atoms with E-state index in [4.69, 9.17) is 4.74 Å². The average molecular weight is 406 g/mol. The number of carbonyl (C=O) groups excluding carboxylic acids is 3. The molecule has 1 aliphatic rings. The third-order valence-electron chi connectivity index (χ3n) is 5.24. The zero-order valence-corrected chi connectivity index (χ0v) is 17.6. The molecule has 1 aliphatic heterocycles. The molecule has 0 saturated heterocycles. The first-order valence-corrected chi connectivity index (χ1v) is 9.90. The highest BCUT2D eigenvalue weighted by atomic mass is 16.5. The van der Waals surface area contributed by atoms with Crippen molar-refractivity contribution in [1.82, 2.24) is 4.90 Å². The molecule has 0 aromatic heterocycles. The van der Waals surface area contributed by atoms with E-state index in [2.05, 4.69) is 5.32 Å². The highest BCUT2D eigenvalue weighted by Crippen LogP contribution is 2.33. The molecule has 0 saturated carbocycles. The summed E-state index contributed by atoms with van der Waals surface area (Å²) in [6.45, 7) is 6.81. The molecule has 1 N–H and O–H groups in total. The fourth-order valence-corrected chi connectivity index (χ4v) is 3.61. The molecule has 0 aliphatic carbocycles. The average Bonchev–Trinajstić information content (AvgIpc) is 2.70. The second-order valence-electron chi connectivity index (χ2n) is 7.48. The molecule has 0 unspecified atom stereocenters. The van der Waals surface area contributed by atoms with Gasteiger partial charge in [-0.3, -0.25) is 14.4 Å². The molecule has 0 spiro atoms. The van der Waals surface area contributed by atoms with Gasteiger partial charge in [-0.15, -0.1) is 0 Å². The number of hydrogen-bond donors (Lipinski definition) is 1. The summed E-state index contributed by atoms with van der Waals surface area (Å²) in [6, 6.07) is 12.9. The first-order chi connectivity index (χ1) is 14.3. The smallest absolute Gasteiger partial charge is 0.309 e. The van der Waals surface area contributed by atoms with Crippen molar-refractivity contribution in [3.8, 4) is 0 Å². The quantitative estimate of drug-likeness (QED) is 0.758. The van der Waals surface area contributed by atoms with Crippen molar-refractivity contribution in [2.45, 2.75) is 46.3 Å². The van der Waals surface area contributed by atoms with Gasteiger partial charge in [-0.05, 0) is 49.1 Å². The van der Waals surface area contributed by atoms with E-state index in [9.17, 15) is 14.4 Å². The van der Waals surface area contributed by atoms with Gasteiger partial charge in [0.2, 0.25) is 5.91 Å². The van der Waals surface area contributed by atoms with Gasteiger partial charge < -0.3 is 15.0 Å². The van der Waals surface area contributed by atoms with Crippen LogP contribution in [0.15, 0.2) is 48.7 Å². The number of ether oxygens (including phenoxy) is 1. The Morgan fingerprint density at radius 1 is 1.07 bits per heavy atom. The normalized spacial score (nSPS) is 15.9. The minimum atomic E-state index is -0.961. The number of esters is 1. The van der Waals surface area contributed by atoms with Crippen molar-refractivity contribution in [1.29, 1.82) is 0 Å². The van der Waals surface area contributed by atoms with E-state index < -0.39 is 24.0 Å². The van der Waals surface area contributed by atoms with Crippen LogP contribution in [0.5, 0.6) is 0 Å². The number of aryl methyl sites for hydroxylation is 2. The van der Waals surface area contributed by atoms with Crippen LogP contribution in [0.4, 0.5) is 5.69 Å². The molecule has 6 nitrogen and oxygen atoms in total. The highest BCUT2D eigenvalue weighted by Gasteiger charge is 2.30. The van der Waals surface area contributed by atoms with Crippen LogP contribution < -0.4 is 5.32 Å². The van der Waals surface area contributed by atoms with E-state index in [1.165, 1.54) is 18.7 Å². The molecule has 2 aromatic carbocycles. The van der Waals surface area contributed by atoms with Gasteiger partial charge in [-0.2, -0.15) is 0 Å². The number of rotatable bonds is 5. The maximum absolute atomic E-state index is 12.6. The second-order valence-corrected chi connectivity index (χ2v) is 7.48. The van der Waals surface area contributed by atoms with Gasteiger partial charge in [0.1, 0.15) is 0 Å². The Morgan fingerprint density at radius 2 is 1.73 bits per heavy atom. The van der Waals surface area contributed by atoms with Crippen molar-refractivity contribution >= 4 is 29.5 Å². The van der Waals surface area contributed by atoms with Crippen LogP contribution in [-0.2, 0) is 19.1 Å². The lowest BCUT2D eigenvalue weighted by atomic mass is 9.94. The van der Waals surface area contributed by atoms with Crippen molar-refractivity contribution < 1.29 is 19.1 Å². The molecule has 2 amide bonds. The lowest BCUT2D eigenvalue weighted by molar-refractivity contribution is -0.154. The molecule has 0 radical (unpaired) electrons. The summed E-state index contributed by atoms with van der Waals surface area (Å²) in [5, 5.41) is 2.84. The van der Waals surface area contributed by atoms with E-state index in [0.29, 0.717) is 0 Å². The molecule has 2 aromatic rings. The predicted molar refractivity (Wildman–Crippen MR) is 115 cm³/mol. The first kappa shape index (κ1) is 21.3. The van der Waals surface area contributed by atoms with Crippen molar-refractivity contribution in [3.63, 3.8) is 0 Å². The van der Waals surface area contributed by atoms with E-state index >= 15 is 0 Å². The first-order valence-electron chi connectivity index (χ1n) is 9.90. The lowest BCUT2D eigenvalue weighted by Gasteiger charge is -2.32. The lowest BCUT2D eigenvalue weighted by Crippen LogP contribution is -2.35. The van der Waals surface area contributed by atoms with Crippen LogP contribution in [0, 0.1) is 13.8 Å². The monoisotopic (exact) mass is 406 g/mol. The van der Waals surface area contributed by atoms with Gasteiger partial charge in [0.25, 0.3) is 5.91 Å². The fraction of sp³-hybridized carbons (Fsp3) is 0.292. The Morgan fingerprint density at radius 3 is 2.40 bits per heavy atom. The van der Waals surface area contributed by atoms with Crippen LogP contribution in [0.3, 0.4) is 0 Å². The fourth-order valence-electron chi connectivity index (χ4n) is 3.61. The second kappa shape index (κ2) is 8.95. The van der Waals surface area contributed by atoms with Gasteiger partial charge in [-0.25, -0.2) is 0 Å². The number of amides is 2. The summed E-state index contributed by atoms with van der Waals surface area (Å²) in [5.74, 6) is -1.10. The van der Waals surface area contributed by atoms with Gasteiger partial charge >= 0.3 is 5.97 Å². The number of para-hydroxylation sites is 1. The summed E-state index contributed by atoms with van der Waals surface area (Å²) in [7, 11) is 0. The number of benzene rings is 2. The van der Waals surface area contributed by atoms with Crippen molar-refractivity contribution in [2.24, 2.45) is 0 Å².